The second-order valence-electron chi connectivity index (χ2n) is 7.02. The fraction of sp³-hybridized carbons (Fsp3) is 0.333. The maximum Gasteiger partial charge on any atom is 0.418 e. The quantitative estimate of drug-likeness (QED) is 0.725. The number of carbonyl (C=O) groups is 2. The van der Waals surface area contributed by atoms with Gasteiger partial charge < -0.3 is 20.1 Å². The van der Waals surface area contributed by atoms with Crippen molar-refractivity contribution in [2.45, 2.75) is 12.6 Å². The molecule has 0 saturated heterocycles. The zero-order chi connectivity index (χ0) is 22.4. The maximum absolute atomic E-state index is 13.0. The zero-order valence-electron chi connectivity index (χ0n) is 16.8. The van der Waals surface area contributed by atoms with Gasteiger partial charge in [-0.1, -0.05) is 12.1 Å². The van der Waals surface area contributed by atoms with Gasteiger partial charge >= 0.3 is 6.18 Å². The summed E-state index contributed by atoms with van der Waals surface area (Å²) < 4.78 is 50.2. The van der Waals surface area contributed by atoms with E-state index in [4.69, 9.17) is 9.47 Å². The van der Waals surface area contributed by atoms with Gasteiger partial charge in [0.25, 0.3) is 0 Å². The third kappa shape index (κ3) is 6.35. The summed E-state index contributed by atoms with van der Waals surface area (Å²) in [5, 5.41) is 4.95. The van der Waals surface area contributed by atoms with Gasteiger partial charge in [0.1, 0.15) is 0 Å². The van der Waals surface area contributed by atoms with Crippen LogP contribution in [0, 0.1) is 0 Å². The molecular weight excluding hydrogens is 415 g/mol. The first kappa shape index (κ1) is 22.4. The number of alkyl halides is 3. The minimum Gasteiger partial charge on any atom is -0.490 e. The minimum absolute atomic E-state index is 0.136. The van der Waals surface area contributed by atoms with Crippen molar-refractivity contribution in [3.63, 3.8) is 0 Å². The monoisotopic (exact) mass is 437 g/mol. The molecule has 0 bridgehead atoms. The van der Waals surface area contributed by atoms with Gasteiger partial charge in [-0.2, -0.15) is 13.2 Å². The van der Waals surface area contributed by atoms with E-state index in [0.29, 0.717) is 30.4 Å². The third-order valence-corrected chi connectivity index (χ3v) is 4.36. The lowest BCUT2D eigenvalue weighted by Gasteiger charge is -2.18. The topological polar surface area (TPSA) is 79.9 Å². The van der Waals surface area contributed by atoms with Crippen molar-refractivity contribution in [2.75, 3.05) is 44.0 Å². The summed E-state index contributed by atoms with van der Waals surface area (Å²) in [4.78, 5) is 25.8. The molecule has 1 heterocycles. The van der Waals surface area contributed by atoms with Gasteiger partial charge in [-0.15, -0.1) is 0 Å². The number of hydrogen-bond donors (Lipinski definition) is 2. The molecule has 10 heteroatoms. The molecule has 2 amide bonds. The highest BCUT2D eigenvalue weighted by Gasteiger charge is 2.33. The van der Waals surface area contributed by atoms with Gasteiger partial charge in [0, 0.05) is 18.2 Å². The summed E-state index contributed by atoms with van der Waals surface area (Å²) in [5.41, 5.74) is -0.755. The number of hydrogen-bond acceptors (Lipinski definition) is 5. The number of likely N-dealkylation sites (N-methyl/N-ethyl adjacent to an activating group) is 1. The first-order valence-electron chi connectivity index (χ1n) is 9.56. The highest BCUT2D eigenvalue weighted by Crippen LogP contribution is 2.34. The van der Waals surface area contributed by atoms with Crippen molar-refractivity contribution >= 4 is 23.2 Å². The molecule has 0 radical (unpaired) electrons. The van der Waals surface area contributed by atoms with E-state index in [1.807, 2.05) is 0 Å². The molecular formula is C21H22F3N3O4. The van der Waals surface area contributed by atoms with Crippen LogP contribution in [0.25, 0.3) is 0 Å². The number of rotatable bonds is 6. The molecule has 0 aliphatic carbocycles. The Morgan fingerprint density at radius 3 is 2.32 bits per heavy atom. The highest BCUT2D eigenvalue weighted by atomic mass is 19.4. The fourth-order valence-corrected chi connectivity index (χ4v) is 3.02. The van der Waals surface area contributed by atoms with Crippen molar-refractivity contribution in [3.8, 4) is 11.5 Å². The largest absolute Gasteiger partial charge is 0.490 e. The summed E-state index contributed by atoms with van der Waals surface area (Å²) in [6.07, 6.45) is -3.82. The first-order valence-corrected chi connectivity index (χ1v) is 9.56. The van der Waals surface area contributed by atoms with E-state index in [-0.39, 0.29) is 24.7 Å². The molecule has 0 atom stereocenters. The molecule has 0 fully saturated rings. The number of carbonyl (C=O) groups excluding carboxylic acids is 2. The number of halogens is 3. The molecule has 31 heavy (non-hydrogen) atoms. The Labute approximate surface area is 177 Å². The van der Waals surface area contributed by atoms with Crippen molar-refractivity contribution in [2.24, 2.45) is 0 Å². The number of nitrogens with one attached hydrogen (secondary N) is 2. The Kier molecular flexibility index (Phi) is 7.01. The van der Waals surface area contributed by atoms with Gasteiger partial charge in [-0.25, -0.2) is 0 Å². The van der Waals surface area contributed by atoms with Crippen LogP contribution in [0.15, 0.2) is 42.5 Å². The van der Waals surface area contributed by atoms with Crippen LogP contribution in [0.2, 0.25) is 0 Å². The number of amides is 2. The molecule has 1 aliphatic rings. The summed E-state index contributed by atoms with van der Waals surface area (Å²) in [5.74, 6) is 0.0813. The lowest BCUT2D eigenvalue weighted by molar-refractivity contribution is -0.137. The second-order valence-corrected chi connectivity index (χ2v) is 7.02. The van der Waals surface area contributed by atoms with Crippen LogP contribution in [-0.4, -0.2) is 50.1 Å². The molecule has 0 unspecified atom stereocenters. The Morgan fingerprint density at radius 1 is 0.968 bits per heavy atom. The number of nitrogens with zero attached hydrogens (tertiary/aromatic N) is 1. The Bertz CT molecular complexity index is 950. The van der Waals surface area contributed by atoms with Crippen molar-refractivity contribution < 1.29 is 32.2 Å². The van der Waals surface area contributed by atoms with Crippen molar-refractivity contribution in [3.05, 3.63) is 48.0 Å². The lowest BCUT2D eigenvalue weighted by Crippen LogP contribution is -2.36. The lowest BCUT2D eigenvalue weighted by atomic mass is 10.1. The molecule has 3 rings (SSSR count). The molecule has 2 N–H and O–H groups in total. The highest BCUT2D eigenvalue weighted by molar-refractivity contribution is 5.95. The molecule has 2 aromatic carbocycles. The average Bonchev–Trinajstić information content (AvgIpc) is 2.92. The summed E-state index contributed by atoms with van der Waals surface area (Å²) in [7, 11) is 1.52. The normalized spacial score (nSPS) is 13.5. The van der Waals surface area contributed by atoms with Gasteiger partial charge in [-0.3, -0.25) is 14.5 Å². The van der Waals surface area contributed by atoms with Crippen LogP contribution in [-0.2, 0) is 15.8 Å². The van der Waals surface area contributed by atoms with Crippen LogP contribution in [0.3, 0.4) is 0 Å². The molecule has 2 aromatic rings. The summed E-state index contributed by atoms with van der Waals surface area (Å²) in [6.45, 7) is 0.669. The number of benzene rings is 2. The van der Waals surface area contributed by atoms with Crippen LogP contribution in [0.5, 0.6) is 11.5 Å². The fourth-order valence-electron chi connectivity index (χ4n) is 3.02. The van der Waals surface area contributed by atoms with Crippen molar-refractivity contribution in [1.29, 1.82) is 0 Å². The van der Waals surface area contributed by atoms with E-state index < -0.39 is 17.6 Å². The van der Waals surface area contributed by atoms with Crippen LogP contribution < -0.4 is 20.1 Å². The predicted octanol–water partition coefficient (Wildman–Crippen LogP) is 3.38. The molecule has 166 valence electrons. The Balaban J connectivity index is 1.53. The zero-order valence-corrected chi connectivity index (χ0v) is 16.8. The van der Waals surface area contributed by atoms with Crippen molar-refractivity contribution in [1.82, 2.24) is 4.90 Å². The first-order chi connectivity index (χ1) is 14.7. The van der Waals surface area contributed by atoms with E-state index in [2.05, 4.69) is 10.6 Å². The number of ether oxygens (including phenoxy) is 2. The molecule has 1 aliphatic heterocycles. The van der Waals surface area contributed by atoms with Crippen LogP contribution >= 0.6 is 0 Å². The molecule has 7 nitrogen and oxygen atoms in total. The molecule has 0 aromatic heterocycles. The SMILES string of the molecule is CN(CC(=O)Nc1ccc2c(c1)OCCCO2)CC(=O)Nc1ccccc1C(F)(F)F. The minimum atomic E-state index is -4.59. The molecule has 0 spiro atoms. The van der Waals surface area contributed by atoms with Gasteiger partial charge in [0.15, 0.2) is 11.5 Å². The standard InChI is InChI=1S/C21H22F3N3O4/c1-27(13-20(29)26-16-6-3-2-5-15(16)21(22,23)24)12-19(28)25-14-7-8-17-18(11-14)31-10-4-9-30-17/h2-3,5-8,11H,4,9-10,12-13H2,1H3,(H,25,28)(H,26,29). The van der Waals surface area contributed by atoms with Crippen LogP contribution in [0.4, 0.5) is 24.5 Å². The third-order valence-electron chi connectivity index (χ3n) is 4.36. The van der Waals surface area contributed by atoms with Gasteiger partial charge in [0.05, 0.1) is 37.6 Å². The van der Waals surface area contributed by atoms with E-state index in [1.165, 1.54) is 30.1 Å². The smallest absolute Gasteiger partial charge is 0.418 e. The predicted molar refractivity (Wildman–Crippen MR) is 108 cm³/mol. The van der Waals surface area contributed by atoms with Gasteiger partial charge in [0.2, 0.25) is 11.8 Å². The number of fused-ring (bicyclic) bond motifs is 1. The Hall–Kier alpha value is -3.27. The average molecular weight is 437 g/mol. The van der Waals surface area contributed by atoms with E-state index in [9.17, 15) is 22.8 Å². The summed E-state index contributed by atoms with van der Waals surface area (Å²) >= 11 is 0. The molecule has 0 saturated carbocycles. The van der Waals surface area contributed by atoms with E-state index >= 15 is 0 Å². The van der Waals surface area contributed by atoms with E-state index in [0.717, 1.165) is 12.5 Å². The van der Waals surface area contributed by atoms with Crippen LogP contribution in [0.1, 0.15) is 12.0 Å². The second kappa shape index (κ2) is 9.69. The van der Waals surface area contributed by atoms with E-state index in [1.54, 1.807) is 18.2 Å². The maximum atomic E-state index is 13.0. The number of anilines is 2. The Morgan fingerprint density at radius 2 is 1.61 bits per heavy atom. The summed E-state index contributed by atoms with van der Waals surface area (Å²) in [6, 6.07) is 9.74. The number of para-hydroxylation sites is 1. The van der Waals surface area contributed by atoms with Gasteiger partial charge in [-0.05, 0) is 31.3 Å².